The Bertz CT molecular complexity index is 1120. The Hall–Kier alpha value is -3.00. The second-order valence-corrected chi connectivity index (χ2v) is 9.69. The van der Waals surface area contributed by atoms with Crippen LogP contribution >= 0.6 is 11.6 Å². The van der Waals surface area contributed by atoms with Gasteiger partial charge in [-0.25, -0.2) is 4.99 Å². The normalized spacial score (nSPS) is 16.0. The zero-order chi connectivity index (χ0) is 26.5. The number of hydrogen-bond donors (Lipinski definition) is 2. The van der Waals surface area contributed by atoms with Crippen molar-refractivity contribution < 1.29 is 18.0 Å². The maximum absolute atomic E-state index is 13.7. The van der Waals surface area contributed by atoms with Gasteiger partial charge in [0.2, 0.25) is 5.91 Å². The molecule has 1 saturated heterocycles. The average Bonchev–Trinajstić information content (AvgIpc) is 2.81. The van der Waals surface area contributed by atoms with Crippen molar-refractivity contribution in [3.05, 3.63) is 77.1 Å². The van der Waals surface area contributed by atoms with E-state index in [1.807, 2.05) is 37.3 Å². The molecule has 0 radical (unpaired) electrons. The smallest absolute Gasteiger partial charge is 0.381 e. The Morgan fingerprint density at radius 2 is 1.89 bits per heavy atom. The average molecular weight is 521 g/mol. The first-order valence-corrected chi connectivity index (χ1v) is 12.3. The van der Waals surface area contributed by atoms with Gasteiger partial charge in [-0.1, -0.05) is 36.4 Å². The third-order valence-electron chi connectivity index (χ3n) is 6.31. The molecule has 9 heteroatoms. The van der Waals surface area contributed by atoms with Crippen molar-refractivity contribution in [2.75, 3.05) is 18.4 Å². The van der Waals surface area contributed by atoms with Gasteiger partial charge in [-0.05, 0) is 73.6 Å². The number of alkyl halides is 3. The summed E-state index contributed by atoms with van der Waals surface area (Å²) in [5.74, 6) is 0.434. The molecule has 1 aliphatic rings. The van der Waals surface area contributed by atoms with Gasteiger partial charge in [-0.2, -0.15) is 13.2 Å². The number of nitrogens with zero attached hydrogens (tertiary/aromatic N) is 2. The van der Waals surface area contributed by atoms with E-state index in [0.717, 1.165) is 11.3 Å². The molecule has 1 aliphatic heterocycles. The Morgan fingerprint density at radius 3 is 2.50 bits per heavy atom. The lowest BCUT2D eigenvalue weighted by Gasteiger charge is -2.32. The molecule has 0 saturated carbocycles. The lowest BCUT2D eigenvalue weighted by molar-refractivity contribution is -0.137. The first-order valence-electron chi connectivity index (χ1n) is 11.9. The molecule has 1 atom stereocenters. The SMILES string of the molecule is C=C(N=C(C)Cl)NC(C)c1cccc(NCc2cc(C3CCN(C(C)=O)CC3)cc(C(F)(F)F)c2)c1. The summed E-state index contributed by atoms with van der Waals surface area (Å²) >= 11 is 5.80. The van der Waals surface area contributed by atoms with Gasteiger partial charge in [0.15, 0.2) is 0 Å². The van der Waals surface area contributed by atoms with Crippen molar-refractivity contribution in [1.29, 1.82) is 0 Å². The van der Waals surface area contributed by atoms with E-state index in [2.05, 4.69) is 22.2 Å². The van der Waals surface area contributed by atoms with Crippen LogP contribution in [0.4, 0.5) is 18.9 Å². The van der Waals surface area contributed by atoms with Crippen molar-refractivity contribution >= 4 is 28.4 Å². The Labute approximate surface area is 215 Å². The van der Waals surface area contributed by atoms with E-state index in [4.69, 9.17) is 11.6 Å². The van der Waals surface area contributed by atoms with Crippen molar-refractivity contribution in [1.82, 2.24) is 10.2 Å². The van der Waals surface area contributed by atoms with Gasteiger partial charge in [0.25, 0.3) is 0 Å². The molecule has 2 N–H and O–H groups in total. The highest BCUT2D eigenvalue weighted by atomic mass is 35.5. The molecule has 3 rings (SSSR count). The van der Waals surface area contributed by atoms with Crippen LogP contribution in [0.2, 0.25) is 0 Å². The largest absolute Gasteiger partial charge is 0.416 e. The monoisotopic (exact) mass is 520 g/mol. The summed E-state index contributed by atoms with van der Waals surface area (Å²) in [4.78, 5) is 17.4. The van der Waals surface area contributed by atoms with Gasteiger partial charge < -0.3 is 15.5 Å². The molecule has 0 aliphatic carbocycles. The van der Waals surface area contributed by atoms with Crippen molar-refractivity contribution in [2.24, 2.45) is 4.99 Å². The first kappa shape index (κ1) is 27.6. The molecule has 0 bridgehead atoms. The highest BCUT2D eigenvalue weighted by molar-refractivity contribution is 6.64. The van der Waals surface area contributed by atoms with Gasteiger partial charge in [0, 0.05) is 38.3 Å². The second-order valence-electron chi connectivity index (χ2n) is 9.14. The van der Waals surface area contributed by atoms with Crippen LogP contribution in [0.15, 0.2) is 59.9 Å². The summed E-state index contributed by atoms with van der Waals surface area (Å²) in [5.41, 5.74) is 2.34. The van der Waals surface area contributed by atoms with E-state index in [-0.39, 0.29) is 24.4 Å². The topological polar surface area (TPSA) is 56.7 Å². The van der Waals surface area contributed by atoms with Crippen molar-refractivity contribution in [3.8, 4) is 0 Å². The molecule has 5 nitrogen and oxygen atoms in total. The quantitative estimate of drug-likeness (QED) is 0.375. The number of benzene rings is 2. The standard InChI is InChI=1S/C27H32ClF3N4O/c1-17(33-19(3)34-18(2)28)23-6-5-7-26(15-23)32-16-21-12-24(14-25(13-21)27(29,30)31)22-8-10-35(11-9-22)20(4)36/h5-7,12-15,17,22,32-33H,3,8-11,16H2,1-2,4H3. The number of nitrogens with one attached hydrogen (secondary N) is 2. The van der Waals surface area contributed by atoms with Crippen LogP contribution in [0.5, 0.6) is 0 Å². The molecule has 0 spiro atoms. The highest BCUT2D eigenvalue weighted by Crippen LogP contribution is 2.35. The molecular formula is C27H32ClF3N4O. The molecule has 0 aromatic heterocycles. The Morgan fingerprint density at radius 1 is 1.19 bits per heavy atom. The molecule has 194 valence electrons. The fraction of sp³-hybridized carbons (Fsp3) is 0.407. The first-order chi connectivity index (χ1) is 16.9. The Balaban J connectivity index is 1.74. The zero-order valence-corrected chi connectivity index (χ0v) is 21.5. The number of halogens is 4. The Kier molecular flexibility index (Phi) is 9.06. The number of amides is 1. The van der Waals surface area contributed by atoms with E-state index in [1.54, 1.807) is 11.8 Å². The number of aliphatic imine (C=N–C) groups is 1. The van der Waals surface area contributed by atoms with Crippen LogP contribution in [-0.2, 0) is 17.5 Å². The summed E-state index contributed by atoms with van der Waals surface area (Å²) in [6.07, 6.45) is -3.13. The van der Waals surface area contributed by atoms with E-state index in [0.29, 0.717) is 48.0 Å². The predicted molar refractivity (Wildman–Crippen MR) is 139 cm³/mol. The van der Waals surface area contributed by atoms with Crippen LogP contribution in [-0.4, -0.2) is 29.1 Å². The van der Waals surface area contributed by atoms with E-state index >= 15 is 0 Å². The number of rotatable bonds is 8. The third kappa shape index (κ3) is 7.75. The van der Waals surface area contributed by atoms with Crippen molar-refractivity contribution in [3.63, 3.8) is 0 Å². The minimum Gasteiger partial charge on any atom is -0.381 e. The number of carbonyl (C=O) groups is 1. The van der Waals surface area contributed by atoms with Crippen molar-refractivity contribution in [2.45, 2.75) is 58.3 Å². The maximum atomic E-state index is 13.7. The van der Waals surface area contributed by atoms with Gasteiger partial charge >= 0.3 is 6.18 Å². The number of carbonyl (C=O) groups excluding carboxylic acids is 1. The summed E-state index contributed by atoms with van der Waals surface area (Å²) in [6.45, 7) is 10.3. The fourth-order valence-corrected chi connectivity index (χ4v) is 4.52. The predicted octanol–water partition coefficient (Wildman–Crippen LogP) is 6.82. The maximum Gasteiger partial charge on any atom is 0.416 e. The van der Waals surface area contributed by atoms with Crippen LogP contribution in [0.1, 0.15) is 67.8 Å². The van der Waals surface area contributed by atoms with Crippen LogP contribution in [0.25, 0.3) is 0 Å². The van der Waals surface area contributed by atoms with E-state index < -0.39 is 11.7 Å². The lowest BCUT2D eigenvalue weighted by atomic mass is 9.87. The van der Waals surface area contributed by atoms with Crippen LogP contribution < -0.4 is 10.6 Å². The summed E-state index contributed by atoms with van der Waals surface area (Å²) in [5, 5.41) is 6.79. The minimum atomic E-state index is -4.43. The molecule has 36 heavy (non-hydrogen) atoms. The van der Waals surface area contributed by atoms with Gasteiger partial charge in [0.1, 0.15) is 11.0 Å². The second kappa shape index (κ2) is 11.8. The third-order valence-corrected chi connectivity index (χ3v) is 6.39. The fourth-order valence-electron chi connectivity index (χ4n) is 4.42. The number of piperidine rings is 1. The molecule has 1 fully saturated rings. The highest BCUT2D eigenvalue weighted by Gasteiger charge is 2.32. The molecule has 1 amide bonds. The van der Waals surface area contributed by atoms with E-state index in [9.17, 15) is 18.0 Å². The molecule has 2 aromatic carbocycles. The van der Waals surface area contributed by atoms with Gasteiger partial charge in [0.05, 0.1) is 5.56 Å². The lowest BCUT2D eigenvalue weighted by Crippen LogP contribution is -2.36. The van der Waals surface area contributed by atoms with Gasteiger partial charge in [-0.15, -0.1) is 0 Å². The molecule has 1 unspecified atom stereocenters. The van der Waals surface area contributed by atoms with Crippen LogP contribution in [0, 0.1) is 0 Å². The summed E-state index contributed by atoms with van der Waals surface area (Å²) in [6, 6.07) is 11.8. The number of likely N-dealkylation sites (tertiary alicyclic amines) is 1. The molecule has 1 heterocycles. The summed E-state index contributed by atoms with van der Waals surface area (Å²) in [7, 11) is 0. The number of hydrogen-bond acceptors (Lipinski definition) is 4. The summed E-state index contributed by atoms with van der Waals surface area (Å²) < 4.78 is 41.0. The molecular weight excluding hydrogens is 489 g/mol. The van der Waals surface area contributed by atoms with E-state index in [1.165, 1.54) is 19.1 Å². The number of anilines is 1. The minimum absolute atomic E-state index is 0.000309. The van der Waals surface area contributed by atoms with Crippen LogP contribution in [0.3, 0.4) is 0 Å². The molecule has 2 aromatic rings. The van der Waals surface area contributed by atoms with Gasteiger partial charge in [-0.3, -0.25) is 4.79 Å². The zero-order valence-electron chi connectivity index (χ0n) is 20.8.